The smallest absolute Gasteiger partial charge is 0.258 e. The van der Waals surface area contributed by atoms with Crippen molar-refractivity contribution < 1.29 is 0 Å². The van der Waals surface area contributed by atoms with Crippen molar-refractivity contribution >= 4 is 10.9 Å². The van der Waals surface area contributed by atoms with Gasteiger partial charge in [0.25, 0.3) is 5.56 Å². The second-order valence-electron chi connectivity index (χ2n) is 8.35. The van der Waals surface area contributed by atoms with E-state index in [2.05, 4.69) is 59.8 Å². The number of aromatic nitrogens is 2. The summed E-state index contributed by atoms with van der Waals surface area (Å²) >= 11 is 0. The van der Waals surface area contributed by atoms with Crippen molar-refractivity contribution in [1.29, 1.82) is 0 Å². The number of benzene rings is 2. The molecule has 4 rings (SSSR count). The molecule has 0 saturated carbocycles. The molecule has 1 aliphatic heterocycles. The summed E-state index contributed by atoms with van der Waals surface area (Å²) in [5.74, 6) is 1.33. The van der Waals surface area contributed by atoms with Gasteiger partial charge in [-0.3, -0.25) is 14.6 Å². The molecule has 0 spiro atoms. The first-order valence-corrected chi connectivity index (χ1v) is 10.6. The monoisotopic (exact) mass is 390 g/mol. The molecule has 3 aromatic rings. The van der Waals surface area contributed by atoms with E-state index >= 15 is 0 Å². The van der Waals surface area contributed by atoms with Crippen LogP contribution in [0.2, 0.25) is 0 Å². The van der Waals surface area contributed by atoms with Crippen molar-refractivity contribution in [3.05, 3.63) is 75.8 Å². The lowest BCUT2D eigenvalue weighted by Gasteiger charge is -2.37. The molecule has 0 unspecified atom stereocenters. The highest BCUT2D eigenvalue weighted by Gasteiger charge is 2.24. The molecule has 1 aromatic heterocycles. The van der Waals surface area contributed by atoms with E-state index in [1.165, 1.54) is 11.1 Å². The number of rotatable bonds is 5. The number of hydrogen-bond donors (Lipinski definition) is 1. The maximum atomic E-state index is 12.4. The molecule has 1 aliphatic rings. The third kappa shape index (κ3) is 4.41. The molecular weight excluding hydrogens is 360 g/mol. The molecule has 1 saturated heterocycles. The van der Waals surface area contributed by atoms with Gasteiger partial charge in [0.15, 0.2) is 0 Å². The molecule has 29 heavy (non-hydrogen) atoms. The molecule has 2 heterocycles. The minimum absolute atomic E-state index is 0.0547. The number of H-pyrrole nitrogens is 1. The third-order valence-electron chi connectivity index (χ3n) is 6.03. The maximum absolute atomic E-state index is 12.4. The molecule has 5 nitrogen and oxygen atoms in total. The van der Waals surface area contributed by atoms with Gasteiger partial charge in [-0.25, -0.2) is 4.98 Å². The van der Waals surface area contributed by atoms with Gasteiger partial charge in [0.05, 0.1) is 16.9 Å². The Morgan fingerprint density at radius 1 is 0.966 bits per heavy atom. The van der Waals surface area contributed by atoms with Gasteiger partial charge in [0, 0.05) is 32.7 Å². The van der Waals surface area contributed by atoms with Gasteiger partial charge >= 0.3 is 0 Å². The van der Waals surface area contributed by atoms with Crippen molar-refractivity contribution in [3.8, 4) is 0 Å². The van der Waals surface area contributed by atoms with Crippen molar-refractivity contribution in [2.75, 3.05) is 26.2 Å². The Kier molecular flexibility index (Phi) is 5.79. The van der Waals surface area contributed by atoms with Crippen LogP contribution in [0.1, 0.15) is 49.7 Å². The van der Waals surface area contributed by atoms with Crippen LogP contribution in [0.5, 0.6) is 0 Å². The fourth-order valence-corrected chi connectivity index (χ4v) is 4.05. The number of aromatic amines is 1. The summed E-state index contributed by atoms with van der Waals surface area (Å²) in [6.45, 7) is 11.6. The number of nitrogens with zero attached hydrogens (tertiary/aromatic N) is 3. The highest BCUT2D eigenvalue weighted by molar-refractivity contribution is 5.77. The average Bonchev–Trinajstić information content (AvgIpc) is 2.74. The number of hydrogen-bond acceptors (Lipinski definition) is 4. The van der Waals surface area contributed by atoms with Crippen LogP contribution in [0.15, 0.2) is 53.3 Å². The van der Waals surface area contributed by atoms with E-state index in [0.717, 1.165) is 44.1 Å². The lowest BCUT2D eigenvalue weighted by Crippen LogP contribution is -2.47. The fraction of sp³-hybridized carbons (Fsp3) is 0.417. The van der Waals surface area contributed by atoms with Gasteiger partial charge in [-0.15, -0.1) is 0 Å². The van der Waals surface area contributed by atoms with Gasteiger partial charge in [-0.05, 0) is 36.1 Å². The zero-order valence-corrected chi connectivity index (χ0v) is 17.6. The Morgan fingerprint density at radius 2 is 1.66 bits per heavy atom. The number of piperazine rings is 1. The number of fused-ring (bicyclic) bond motifs is 1. The Hall–Kier alpha value is -2.50. The van der Waals surface area contributed by atoms with Crippen molar-refractivity contribution in [3.63, 3.8) is 0 Å². The molecule has 2 aromatic carbocycles. The fourth-order valence-electron chi connectivity index (χ4n) is 4.05. The summed E-state index contributed by atoms with van der Waals surface area (Å²) < 4.78 is 0. The summed E-state index contributed by atoms with van der Waals surface area (Å²) in [7, 11) is 0. The van der Waals surface area contributed by atoms with E-state index in [-0.39, 0.29) is 11.6 Å². The molecule has 0 amide bonds. The van der Waals surface area contributed by atoms with E-state index in [1.807, 2.05) is 24.3 Å². The van der Waals surface area contributed by atoms with Gasteiger partial charge in [0.2, 0.25) is 0 Å². The van der Waals surface area contributed by atoms with Crippen molar-refractivity contribution in [2.45, 2.75) is 39.3 Å². The molecule has 0 aliphatic carbocycles. The third-order valence-corrected chi connectivity index (χ3v) is 6.03. The normalized spacial score (nSPS) is 17.1. The van der Waals surface area contributed by atoms with Crippen LogP contribution in [0.4, 0.5) is 0 Å². The van der Waals surface area contributed by atoms with E-state index in [4.69, 9.17) is 4.98 Å². The lowest BCUT2D eigenvalue weighted by atomic mass is 10.0. The minimum atomic E-state index is -0.0547. The predicted molar refractivity (Wildman–Crippen MR) is 118 cm³/mol. The van der Waals surface area contributed by atoms with Gasteiger partial charge < -0.3 is 4.98 Å². The van der Waals surface area contributed by atoms with Gasteiger partial charge in [0.1, 0.15) is 5.82 Å². The van der Waals surface area contributed by atoms with Crippen LogP contribution >= 0.6 is 0 Å². The van der Waals surface area contributed by atoms with Crippen LogP contribution in [-0.4, -0.2) is 45.9 Å². The largest absolute Gasteiger partial charge is 0.309 e. The summed E-state index contributed by atoms with van der Waals surface area (Å²) in [4.78, 5) is 25.0. The van der Waals surface area contributed by atoms with Crippen LogP contribution in [0.3, 0.4) is 0 Å². The minimum Gasteiger partial charge on any atom is -0.309 e. The zero-order valence-electron chi connectivity index (χ0n) is 17.6. The van der Waals surface area contributed by atoms with Gasteiger partial charge in [-0.2, -0.15) is 0 Å². The highest BCUT2D eigenvalue weighted by atomic mass is 16.1. The first kappa shape index (κ1) is 19.8. The molecule has 1 atom stereocenters. The standard InChI is InChI=1S/C24H30N4O/c1-17(2)20-10-8-19(9-11-20)16-27-12-14-28(15-13-27)18(3)23-25-22-7-5-4-6-21(22)24(29)26-23/h4-11,17-18H,12-16H2,1-3H3,(H,25,26,29)/t18-/m1/s1. The van der Waals surface area contributed by atoms with Crippen molar-refractivity contribution in [1.82, 2.24) is 19.8 Å². The average molecular weight is 391 g/mol. The zero-order chi connectivity index (χ0) is 20.4. The summed E-state index contributed by atoms with van der Waals surface area (Å²) in [6.07, 6.45) is 0. The van der Waals surface area contributed by atoms with Crippen LogP contribution in [0, 0.1) is 0 Å². The van der Waals surface area contributed by atoms with E-state index < -0.39 is 0 Å². The molecular formula is C24H30N4O. The number of para-hydroxylation sites is 1. The Balaban J connectivity index is 1.38. The second kappa shape index (κ2) is 8.47. The number of nitrogens with one attached hydrogen (secondary N) is 1. The van der Waals surface area contributed by atoms with Crippen LogP contribution in [-0.2, 0) is 6.54 Å². The SMILES string of the molecule is CC(C)c1ccc(CN2CCN([C@H](C)c3nc4ccccc4c(=O)[nH]3)CC2)cc1. The van der Waals surface area contributed by atoms with Crippen molar-refractivity contribution in [2.24, 2.45) is 0 Å². The molecule has 1 N–H and O–H groups in total. The first-order valence-electron chi connectivity index (χ1n) is 10.6. The van der Waals surface area contributed by atoms with E-state index in [0.29, 0.717) is 11.3 Å². The van der Waals surface area contributed by atoms with Crippen LogP contribution in [0.25, 0.3) is 10.9 Å². The topological polar surface area (TPSA) is 52.2 Å². The first-order chi connectivity index (χ1) is 14.0. The van der Waals surface area contributed by atoms with E-state index in [9.17, 15) is 4.79 Å². The van der Waals surface area contributed by atoms with Crippen LogP contribution < -0.4 is 5.56 Å². The molecule has 5 heteroatoms. The Morgan fingerprint density at radius 3 is 2.34 bits per heavy atom. The molecule has 0 radical (unpaired) electrons. The molecule has 0 bridgehead atoms. The summed E-state index contributed by atoms with van der Waals surface area (Å²) in [5, 5.41) is 0.650. The quantitative estimate of drug-likeness (QED) is 0.717. The lowest BCUT2D eigenvalue weighted by molar-refractivity contribution is 0.0948. The second-order valence-corrected chi connectivity index (χ2v) is 8.35. The summed E-state index contributed by atoms with van der Waals surface area (Å²) in [6, 6.07) is 16.6. The maximum Gasteiger partial charge on any atom is 0.258 e. The van der Waals surface area contributed by atoms with Gasteiger partial charge in [-0.1, -0.05) is 50.2 Å². The predicted octanol–water partition coefficient (Wildman–Crippen LogP) is 3.93. The van der Waals surface area contributed by atoms with E-state index in [1.54, 1.807) is 0 Å². The molecule has 152 valence electrons. The summed E-state index contributed by atoms with van der Waals surface area (Å²) in [5.41, 5.74) is 3.48. The Bertz CT molecular complexity index is 1020. The molecule has 1 fully saturated rings. The Labute approximate surface area is 172 Å². The highest BCUT2D eigenvalue weighted by Crippen LogP contribution is 2.21.